The van der Waals surface area contributed by atoms with Crippen molar-refractivity contribution >= 4 is 22.7 Å². The first-order chi connectivity index (χ1) is 10.6. The number of thiazole rings is 1. The van der Waals surface area contributed by atoms with Crippen molar-refractivity contribution in [1.82, 2.24) is 0 Å². The molecular weight excluding hydrogens is 370 g/mol. The van der Waals surface area contributed by atoms with Gasteiger partial charge < -0.3 is 17.0 Å². The van der Waals surface area contributed by atoms with Gasteiger partial charge in [-0.1, -0.05) is 35.1 Å². The van der Waals surface area contributed by atoms with Gasteiger partial charge in [0.1, 0.15) is 0 Å². The molecule has 23 heavy (non-hydrogen) atoms. The molecule has 4 rings (SSSR count). The van der Waals surface area contributed by atoms with Gasteiger partial charge in [-0.2, -0.15) is 4.57 Å². The molecule has 2 aliphatic rings. The lowest BCUT2D eigenvalue weighted by molar-refractivity contribution is -0.682. The van der Waals surface area contributed by atoms with Gasteiger partial charge in [0.15, 0.2) is 0 Å². The smallest absolute Gasteiger partial charge is 0.228 e. The summed E-state index contributed by atoms with van der Waals surface area (Å²) in [5, 5.41) is 0. The summed E-state index contributed by atoms with van der Waals surface area (Å²) in [5.74, 6) is 0.891. The number of rotatable bonds is 3. The monoisotopic (exact) mass is 389 g/mol. The van der Waals surface area contributed by atoms with Crippen molar-refractivity contribution in [3.05, 3.63) is 56.5 Å². The fraction of sp³-hybridized carbons (Fsp3) is 0.368. The zero-order valence-electron chi connectivity index (χ0n) is 13.6. The summed E-state index contributed by atoms with van der Waals surface area (Å²) in [5.41, 5.74) is 9.22. The van der Waals surface area contributed by atoms with Crippen molar-refractivity contribution in [3.63, 3.8) is 0 Å². The Bertz CT molecular complexity index is 811. The molecule has 0 aliphatic heterocycles. The minimum Gasteiger partial charge on any atom is -1.00 e. The Balaban J connectivity index is 0.00000156. The van der Waals surface area contributed by atoms with Crippen LogP contribution < -0.4 is 21.5 Å². The van der Waals surface area contributed by atoms with Crippen molar-refractivity contribution in [2.45, 2.75) is 46.1 Å². The topological polar surface area (TPSA) is 20.9 Å². The van der Waals surface area contributed by atoms with E-state index in [-0.39, 0.29) is 22.8 Å². The summed E-state index contributed by atoms with van der Waals surface area (Å²) in [6, 6.07) is 4.21. The molecule has 0 N–H and O–H groups in total. The minimum absolute atomic E-state index is 0. The van der Waals surface area contributed by atoms with Gasteiger partial charge in [-0.25, -0.2) is 0 Å². The number of carbonyl (C=O) groups is 1. The van der Waals surface area contributed by atoms with E-state index in [0.29, 0.717) is 12.5 Å². The molecule has 0 spiro atoms. The Morgan fingerprint density at radius 3 is 2.65 bits per heavy atom. The van der Waals surface area contributed by atoms with Crippen LogP contribution in [0.4, 0.5) is 0 Å². The highest BCUT2D eigenvalue weighted by atomic mass is 79.9. The van der Waals surface area contributed by atoms with Gasteiger partial charge in [-0.15, -0.1) is 0 Å². The average Bonchev–Trinajstić information content (AvgIpc) is 2.95. The third kappa shape index (κ3) is 2.52. The lowest BCUT2D eigenvalue weighted by Crippen LogP contribution is -3.00. The van der Waals surface area contributed by atoms with Crippen LogP contribution in [0.2, 0.25) is 0 Å². The standard InChI is InChI=1S/C19H20NOS.BrH/c1-11-7-12(2)17(13(3)8-11)16(21)9-20-10-22-19-15-6-4-5-14(15)18(19)20;/h5,7-8,10,15H,4,6,9H2,1-3H3;1H/q+1;/p-1. The van der Waals surface area contributed by atoms with Crippen LogP contribution in [0, 0.1) is 20.8 Å². The molecule has 120 valence electrons. The van der Waals surface area contributed by atoms with E-state index in [0.717, 1.165) is 16.7 Å². The average molecular weight is 390 g/mol. The number of hydrogen-bond donors (Lipinski definition) is 0. The Kier molecular flexibility index (Phi) is 4.32. The van der Waals surface area contributed by atoms with Crippen LogP contribution >= 0.6 is 11.3 Å². The van der Waals surface area contributed by atoms with Gasteiger partial charge in [0.25, 0.3) is 0 Å². The first-order valence-electron chi connectivity index (χ1n) is 7.88. The van der Waals surface area contributed by atoms with E-state index in [9.17, 15) is 4.79 Å². The van der Waals surface area contributed by atoms with Crippen LogP contribution in [0.25, 0.3) is 5.57 Å². The molecule has 1 heterocycles. The summed E-state index contributed by atoms with van der Waals surface area (Å²) in [4.78, 5) is 14.3. The first-order valence-corrected chi connectivity index (χ1v) is 8.76. The summed E-state index contributed by atoms with van der Waals surface area (Å²) < 4.78 is 2.16. The highest BCUT2D eigenvalue weighted by molar-refractivity contribution is 7.10. The molecule has 0 fully saturated rings. The SMILES string of the molecule is Cc1cc(C)c(C(=O)C[n+]2csc3c2C2=CCCC23)c(C)c1.[Br-]. The van der Waals surface area contributed by atoms with Gasteiger partial charge in [-0.3, -0.25) is 4.79 Å². The lowest BCUT2D eigenvalue weighted by atomic mass is 9.84. The number of nitrogens with zero attached hydrogens (tertiary/aromatic N) is 1. The molecule has 0 saturated carbocycles. The normalized spacial score (nSPS) is 17.7. The second-order valence-electron chi connectivity index (χ2n) is 6.55. The van der Waals surface area contributed by atoms with Crippen molar-refractivity contribution in [2.75, 3.05) is 0 Å². The van der Waals surface area contributed by atoms with E-state index in [1.807, 2.05) is 25.2 Å². The number of aromatic nitrogens is 1. The third-order valence-electron chi connectivity index (χ3n) is 4.88. The maximum Gasteiger partial charge on any atom is 0.228 e. The van der Waals surface area contributed by atoms with E-state index < -0.39 is 0 Å². The number of benzene rings is 1. The molecule has 0 amide bonds. The largest absolute Gasteiger partial charge is 1.00 e. The number of halogens is 1. The van der Waals surface area contributed by atoms with E-state index in [1.54, 1.807) is 0 Å². The van der Waals surface area contributed by atoms with Crippen LogP contribution in [0.15, 0.2) is 23.7 Å². The van der Waals surface area contributed by atoms with Gasteiger partial charge in [0.2, 0.25) is 23.5 Å². The van der Waals surface area contributed by atoms with E-state index in [4.69, 9.17) is 0 Å². The number of hydrogen-bond acceptors (Lipinski definition) is 2. The highest BCUT2D eigenvalue weighted by Gasteiger charge is 2.44. The second-order valence-corrected chi connectivity index (χ2v) is 7.44. The summed E-state index contributed by atoms with van der Waals surface area (Å²) in [6.45, 7) is 6.62. The first kappa shape index (κ1) is 16.6. The Morgan fingerprint density at radius 1 is 1.26 bits per heavy atom. The Labute approximate surface area is 151 Å². The number of carbonyl (C=O) groups excluding carboxylic acids is 1. The molecule has 0 saturated heterocycles. The molecule has 0 bridgehead atoms. The molecular formula is C19H20BrNOS. The zero-order valence-corrected chi connectivity index (χ0v) is 16.1. The molecule has 2 aromatic rings. The van der Waals surface area contributed by atoms with Crippen LogP contribution in [-0.2, 0) is 6.54 Å². The lowest BCUT2D eigenvalue weighted by Gasteiger charge is -2.20. The van der Waals surface area contributed by atoms with Gasteiger partial charge in [-0.05, 0) is 44.7 Å². The molecule has 0 radical (unpaired) electrons. The number of aryl methyl sites for hydroxylation is 3. The molecule has 1 unspecified atom stereocenters. The van der Waals surface area contributed by atoms with Gasteiger partial charge >= 0.3 is 0 Å². The zero-order chi connectivity index (χ0) is 15.4. The van der Waals surface area contributed by atoms with Gasteiger partial charge in [0.05, 0.1) is 4.88 Å². The maximum absolute atomic E-state index is 12.8. The predicted molar refractivity (Wildman–Crippen MR) is 89.4 cm³/mol. The summed E-state index contributed by atoms with van der Waals surface area (Å²) in [7, 11) is 0. The molecule has 2 nitrogen and oxygen atoms in total. The number of allylic oxidation sites excluding steroid dienone is 2. The van der Waals surface area contributed by atoms with Crippen molar-refractivity contribution in [1.29, 1.82) is 0 Å². The molecule has 1 aromatic carbocycles. The van der Waals surface area contributed by atoms with Crippen molar-refractivity contribution in [2.24, 2.45) is 0 Å². The number of ketones is 1. The summed E-state index contributed by atoms with van der Waals surface area (Å²) in [6.07, 6.45) is 4.79. The summed E-state index contributed by atoms with van der Waals surface area (Å²) >= 11 is 1.81. The minimum atomic E-state index is 0. The number of fused-ring (bicyclic) bond motifs is 4. The van der Waals surface area contributed by atoms with Crippen LogP contribution in [0.5, 0.6) is 0 Å². The second kappa shape index (κ2) is 5.99. The quantitative estimate of drug-likeness (QED) is 0.569. The van der Waals surface area contributed by atoms with Crippen molar-refractivity contribution < 1.29 is 26.3 Å². The fourth-order valence-corrected chi connectivity index (χ4v) is 5.23. The molecule has 1 atom stereocenters. The fourth-order valence-electron chi connectivity index (χ4n) is 4.06. The molecule has 1 aromatic heterocycles. The van der Waals surface area contributed by atoms with Crippen LogP contribution in [0.1, 0.15) is 56.4 Å². The highest BCUT2D eigenvalue weighted by Crippen LogP contribution is 2.52. The third-order valence-corrected chi connectivity index (χ3v) is 5.97. The van der Waals surface area contributed by atoms with Gasteiger partial charge in [0, 0.05) is 17.1 Å². The van der Waals surface area contributed by atoms with Crippen LogP contribution in [0.3, 0.4) is 0 Å². The molecule has 2 aliphatic carbocycles. The maximum atomic E-state index is 12.8. The van der Waals surface area contributed by atoms with E-state index >= 15 is 0 Å². The Morgan fingerprint density at radius 2 is 1.96 bits per heavy atom. The molecule has 4 heteroatoms. The Hall–Kier alpha value is -1.26. The van der Waals surface area contributed by atoms with Crippen molar-refractivity contribution in [3.8, 4) is 0 Å². The number of Topliss-reactive ketones (excluding diaryl/α,β-unsaturated/α-hetero) is 1. The van der Waals surface area contributed by atoms with E-state index in [2.05, 4.69) is 35.2 Å². The predicted octanol–water partition coefficient (Wildman–Crippen LogP) is 1.12. The van der Waals surface area contributed by atoms with Crippen LogP contribution in [-0.4, -0.2) is 5.78 Å². The van der Waals surface area contributed by atoms with E-state index in [1.165, 1.54) is 34.5 Å².